The van der Waals surface area contributed by atoms with Gasteiger partial charge in [0.2, 0.25) is 6.79 Å². The monoisotopic (exact) mass is 409 g/mol. The smallest absolute Gasteiger partial charge is 0.317 e. The van der Waals surface area contributed by atoms with Crippen LogP contribution in [0.2, 0.25) is 0 Å². The predicted octanol–water partition coefficient (Wildman–Crippen LogP) is 3.03. The number of carbonyl (C=O) groups is 2. The van der Waals surface area contributed by atoms with Crippen molar-refractivity contribution in [2.75, 3.05) is 12.5 Å². The van der Waals surface area contributed by atoms with Gasteiger partial charge in [-0.2, -0.15) is 0 Å². The van der Waals surface area contributed by atoms with Gasteiger partial charge in [0, 0.05) is 11.4 Å². The summed E-state index contributed by atoms with van der Waals surface area (Å²) in [4.78, 5) is 24.0. The second-order valence-corrected chi connectivity index (χ2v) is 6.92. The van der Waals surface area contributed by atoms with Crippen molar-refractivity contribution in [3.05, 3.63) is 53.6 Å². The summed E-state index contributed by atoms with van der Waals surface area (Å²) in [5.41, 5.74) is 0.799. The van der Waals surface area contributed by atoms with E-state index in [9.17, 15) is 18.4 Å². The Morgan fingerprint density at radius 2 is 1.96 bits per heavy atom. The van der Waals surface area contributed by atoms with Gasteiger partial charge in [0.15, 0.2) is 17.6 Å². The highest BCUT2D eigenvalue weighted by Crippen LogP contribution is 2.32. The van der Waals surface area contributed by atoms with Crippen LogP contribution in [0.25, 0.3) is 0 Å². The van der Waals surface area contributed by atoms with Crippen LogP contribution < -0.4 is 14.8 Å². The standard InChI is InChI=1S/C19H17F2NO5S/c1-11(27-18(23)9-28-17-7-13(20)3-4-14(17)21)19(24)22-8-12-2-5-15-16(6-12)26-10-25-15/h2-7,11H,8-10H2,1H3,(H,22,24)/t11-/m1/s1. The first kappa shape index (κ1) is 19.9. The molecule has 0 radical (unpaired) electrons. The van der Waals surface area contributed by atoms with Crippen molar-refractivity contribution >= 4 is 23.6 Å². The van der Waals surface area contributed by atoms with Gasteiger partial charge in [-0.3, -0.25) is 9.59 Å². The molecular weight excluding hydrogens is 392 g/mol. The molecular formula is C19H17F2NO5S. The minimum absolute atomic E-state index is 0.00290. The number of nitrogens with one attached hydrogen (secondary N) is 1. The van der Waals surface area contributed by atoms with Gasteiger partial charge in [-0.05, 0) is 42.8 Å². The van der Waals surface area contributed by atoms with E-state index in [2.05, 4.69) is 5.32 Å². The Labute approximate surface area is 164 Å². The van der Waals surface area contributed by atoms with E-state index in [4.69, 9.17) is 14.2 Å². The van der Waals surface area contributed by atoms with Crippen molar-refractivity contribution in [2.24, 2.45) is 0 Å². The third-order valence-electron chi connectivity index (χ3n) is 3.82. The number of carbonyl (C=O) groups excluding carboxylic acids is 2. The van der Waals surface area contributed by atoms with E-state index in [1.54, 1.807) is 18.2 Å². The fourth-order valence-corrected chi connectivity index (χ4v) is 3.14. The molecule has 148 valence electrons. The topological polar surface area (TPSA) is 73.9 Å². The quantitative estimate of drug-likeness (QED) is 0.560. The van der Waals surface area contributed by atoms with Crippen molar-refractivity contribution in [1.29, 1.82) is 0 Å². The summed E-state index contributed by atoms with van der Waals surface area (Å²) in [5.74, 6) is -1.42. The van der Waals surface area contributed by atoms with E-state index < -0.39 is 29.6 Å². The SMILES string of the molecule is C[C@@H](OC(=O)CSc1cc(F)ccc1F)C(=O)NCc1ccc2c(c1)OCO2. The lowest BCUT2D eigenvalue weighted by Gasteiger charge is -2.13. The molecule has 0 aromatic heterocycles. The molecule has 0 saturated heterocycles. The van der Waals surface area contributed by atoms with Gasteiger partial charge in [-0.1, -0.05) is 6.07 Å². The molecule has 0 bridgehead atoms. The number of ether oxygens (including phenoxy) is 3. The highest BCUT2D eigenvalue weighted by molar-refractivity contribution is 8.00. The van der Waals surface area contributed by atoms with Crippen LogP contribution in [0.1, 0.15) is 12.5 Å². The molecule has 1 amide bonds. The first-order valence-corrected chi connectivity index (χ1v) is 9.34. The van der Waals surface area contributed by atoms with E-state index in [-0.39, 0.29) is 24.0 Å². The Morgan fingerprint density at radius 1 is 1.18 bits per heavy atom. The number of thioether (sulfide) groups is 1. The molecule has 2 aromatic carbocycles. The van der Waals surface area contributed by atoms with Crippen molar-refractivity contribution < 1.29 is 32.6 Å². The molecule has 3 rings (SSSR count). The highest BCUT2D eigenvalue weighted by atomic mass is 32.2. The lowest BCUT2D eigenvalue weighted by Crippen LogP contribution is -2.35. The third kappa shape index (κ3) is 5.13. The molecule has 0 saturated carbocycles. The molecule has 1 atom stereocenters. The van der Waals surface area contributed by atoms with Gasteiger partial charge in [-0.15, -0.1) is 11.8 Å². The molecule has 1 aliphatic rings. The number of halogens is 2. The largest absolute Gasteiger partial charge is 0.454 e. The lowest BCUT2D eigenvalue weighted by molar-refractivity contribution is -0.152. The van der Waals surface area contributed by atoms with Gasteiger partial charge in [0.05, 0.1) is 5.75 Å². The molecule has 28 heavy (non-hydrogen) atoms. The maximum Gasteiger partial charge on any atom is 0.317 e. The van der Waals surface area contributed by atoms with Crippen LogP contribution in [-0.4, -0.2) is 30.5 Å². The molecule has 2 aromatic rings. The molecule has 9 heteroatoms. The maximum atomic E-state index is 13.5. The van der Waals surface area contributed by atoms with Crippen molar-refractivity contribution in [3.63, 3.8) is 0 Å². The summed E-state index contributed by atoms with van der Waals surface area (Å²) in [6, 6.07) is 8.25. The van der Waals surface area contributed by atoms with Crippen LogP contribution in [0.5, 0.6) is 11.5 Å². The number of hydrogen-bond donors (Lipinski definition) is 1. The molecule has 0 fully saturated rings. The first-order chi connectivity index (χ1) is 13.4. The molecule has 0 unspecified atom stereocenters. The highest BCUT2D eigenvalue weighted by Gasteiger charge is 2.19. The number of rotatable bonds is 7. The number of amides is 1. The molecule has 0 aliphatic carbocycles. The minimum atomic E-state index is -1.03. The first-order valence-electron chi connectivity index (χ1n) is 8.36. The van der Waals surface area contributed by atoms with E-state index in [1.165, 1.54) is 6.92 Å². The Hall–Kier alpha value is -2.81. The van der Waals surface area contributed by atoms with E-state index >= 15 is 0 Å². The number of benzene rings is 2. The van der Waals surface area contributed by atoms with Gasteiger partial charge < -0.3 is 19.5 Å². The van der Waals surface area contributed by atoms with Crippen molar-refractivity contribution in [3.8, 4) is 11.5 Å². The fourth-order valence-electron chi connectivity index (χ4n) is 2.39. The summed E-state index contributed by atoms with van der Waals surface area (Å²) in [6.45, 7) is 1.82. The van der Waals surface area contributed by atoms with Gasteiger partial charge >= 0.3 is 5.97 Å². The second-order valence-electron chi connectivity index (χ2n) is 5.90. The zero-order valence-corrected chi connectivity index (χ0v) is 15.7. The zero-order valence-electron chi connectivity index (χ0n) is 14.9. The molecule has 0 spiro atoms. The summed E-state index contributed by atoms with van der Waals surface area (Å²) in [6.07, 6.45) is -1.03. The van der Waals surface area contributed by atoms with Gasteiger partial charge in [0.25, 0.3) is 5.91 Å². The van der Waals surface area contributed by atoms with Crippen molar-refractivity contribution in [2.45, 2.75) is 24.5 Å². The van der Waals surface area contributed by atoms with Crippen LogP contribution in [0.3, 0.4) is 0 Å². The second kappa shape index (κ2) is 8.92. The fraction of sp³-hybridized carbons (Fsp3) is 0.263. The summed E-state index contributed by atoms with van der Waals surface area (Å²) in [5, 5.41) is 2.66. The average Bonchev–Trinajstić information content (AvgIpc) is 3.14. The minimum Gasteiger partial charge on any atom is -0.454 e. The zero-order chi connectivity index (χ0) is 20.1. The van der Waals surface area contributed by atoms with Crippen LogP contribution in [-0.2, 0) is 20.9 Å². The van der Waals surface area contributed by atoms with Crippen LogP contribution in [0.4, 0.5) is 8.78 Å². The van der Waals surface area contributed by atoms with Crippen LogP contribution in [0.15, 0.2) is 41.3 Å². The number of hydrogen-bond acceptors (Lipinski definition) is 6. The molecule has 6 nitrogen and oxygen atoms in total. The van der Waals surface area contributed by atoms with Crippen molar-refractivity contribution in [1.82, 2.24) is 5.32 Å². The lowest BCUT2D eigenvalue weighted by atomic mass is 10.2. The Kier molecular flexibility index (Phi) is 6.35. The Balaban J connectivity index is 1.44. The number of esters is 1. The summed E-state index contributed by atoms with van der Waals surface area (Å²) >= 11 is 0.798. The average molecular weight is 409 g/mol. The van der Waals surface area contributed by atoms with E-state index in [0.717, 1.165) is 35.5 Å². The summed E-state index contributed by atoms with van der Waals surface area (Å²) in [7, 11) is 0. The molecule has 1 N–H and O–H groups in total. The Morgan fingerprint density at radius 3 is 2.79 bits per heavy atom. The summed E-state index contributed by atoms with van der Waals surface area (Å²) < 4.78 is 42.2. The maximum absolute atomic E-state index is 13.5. The van der Waals surface area contributed by atoms with Crippen LogP contribution in [0, 0.1) is 11.6 Å². The Bertz CT molecular complexity index is 893. The predicted molar refractivity (Wildman–Crippen MR) is 97.0 cm³/mol. The van der Waals surface area contributed by atoms with E-state index in [0.29, 0.717) is 11.5 Å². The van der Waals surface area contributed by atoms with Gasteiger partial charge in [-0.25, -0.2) is 8.78 Å². The number of fused-ring (bicyclic) bond motifs is 1. The van der Waals surface area contributed by atoms with Gasteiger partial charge in [0.1, 0.15) is 11.6 Å². The van der Waals surface area contributed by atoms with E-state index in [1.807, 2.05) is 0 Å². The molecule has 1 aliphatic heterocycles. The normalized spacial score (nSPS) is 13.1. The molecule has 1 heterocycles. The third-order valence-corrected chi connectivity index (χ3v) is 4.82. The van der Waals surface area contributed by atoms with Crippen LogP contribution >= 0.6 is 11.8 Å².